The van der Waals surface area contributed by atoms with Crippen molar-refractivity contribution in [3.05, 3.63) is 33.9 Å². The van der Waals surface area contributed by atoms with E-state index < -0.39 is 11.0 Å². The zero-order chi connectivity index (χ0) is 13.0. The number of hydrogen-bond donors (Lipinski definition) is 2. The number of benzene rings is 1. The van der Waals surface area contributed by atoms with Crippen LogP contribution < -0.4 is 4.90 Å². The standard InChI is InChI=1S/C11H16N2O4/c1-8(15)6-12(2)10-4-3-9(7-14)5-11(10)13(16)17/h3-5,8,14-15H,6-7H2,1-2H3. The topological polar surface area (TPSA) is 86.8 Å². The summed E-state index contributed by atoms with van der Waals surface area (Å²) in [5.41, 5.74) is 0.846. The van der Waals surface area contributed by atoms with Crippen LogP contribution in [0.5, 0.6) is 0 Å². The van der Waals surface area contributed by atoms with Gasteiger partial charge < -0.3 is 15.1 Å². The van der Waals surface area contributed by atoms with Crippen molar-refractivity contribution < 1.29 is 15.1 Å². The van der Waals surface area contributed by atoms with Gasteiger partial charge in [-0.1, -0.05) is 6.07 Å². The first-order chi connectivity index (χ1) is 7.95. The van der Waals surface area contributed by atoms with Crippen molar-refractivity contribution in [2.45, 2.75) is 19.6 Å². The molecule has 0 aliphatic heterocycles. The molecule has 1 aromatic carbocycles. The molecular weight excluding hydrogens is 224 g/mol. The fourth-order valence-electron chi connectivity index (χ4n) is 1.63. The van der Waals surface area contributed by atoms with E-state index in [2.05, 4.69) is 0 Å². The molecular formula is C11H16N2O4. The van der Waals surface area contributed by atoms with Gasteiger partial charge in [0.2, 0.25) is 0 Å². The molecule has 1 aromatic rings. The van der Waals surface area contributed by atoms with Crippen molar-refractivity contribution in [2.75, 3.05) is 18.5 Å². The first kappa shape index (κ1) is 13.4. The van der Waals surface area contributed by atoms with Crippen LogP contribution in [0.3, 0.4) is 0 Å². The number of nitrogens with zero attached hydrogens (tertiary/aromatic N) is 2. The van der Waals surface area contributed by atoms with E-state index in [-0.39, 0.29) is 12.3 Å². The summed E-state index contributed by atoms with van der Waals surface area (Å²) in [6.07, 6.45) is -0.572. The van der Waals surface area contributed by atoms with E-state index >= 15 is 0 Å². The van der Waals surface area contributed by atoms with Crippen molar-refractivity contribution in [3.63, 3.8) is 0 Å². The van der Waals surface area contributed by atoms with Crippen LogP contribution in [0.2, 0.25) is 0 Å². The Hall–Kier alpha value is -1.66. The zero-order valence-corrected chi connectivity index (χ0v) is 9.83. The lowest BCUT2D eigenvalue weighted by molar-refractivity contribution is -0.384. The van der Waals surface area contributed by atoms with E-state index in [1.807, 2.05) is 0 Å². The molecule has 0 saturated heterocycles. The molecule has 0 radical (unpaired) electrons. The second-order valence-electron chi connectivity index (χ2n) is 3.97. The van der Waals surface area contributed by atoms with Crippen molar-refractivity contribution in [1.29, 1.82) is 0 Å². The Morgan fingerprint density at radius 3 is 2.65 bits per heavy atom. The van der Waals surface area contributed by atoms with Gasteiger partial charge in [0.15, 0.2) is 0 Å². The third kappa shape index (κ3) is 3.40. The third-order valence-corrected chi connectivity index (χ3v) is 2.37. The van der Waals surface area contributed by atoms with Crippen LogP contribution in [-0.2, 0) is 6.61 Å². The number of hydrogen-bond acceptors (Lipinski definition) is 5. The smallest absolute Gasteiger partial charge is 0.292 e. The first-order valence-electron chi connectivity index (χ1n) is 5.23. The van der Waals surface area contributed by atoms with Gasteiger partial charge in [-0.3, -0.25) is 10.1 Å². The summed E-state index contributed by atoms with van der Waals surface area (Å²) in [6.45, 7) is 1.69. The van der Waals surface area contributed by atoms with Gasteiger partial charge in [-0.05, 0) is 18.6 Å². The maximum atomic E-state index is 10.9. The van der Waals surface area contributed by atoms with Crippen LogP contribution in [0.15, 0.2) is 18.2 Å². The number of nitro benzene ring substituents is 1. The third-order valence-electron chi connectivity index (χ3n) is 2.37. The minimum atomic E-state index is -0.572. The minimum absolute atomic E-state index is 0.0697. The van der Waals surface area contributed by atoms with Crippen molar-refractivity contribution >= 4 is 11.4 Å². The summed E-state index contributed by atoms with van der Waals surface area (Å²) >= 11 is 0. The quantitative estimate of drug-likeness (QED) is 0.590. The Labute approximate surface area is 99.3 Å². The van der Waals surface area contributed by atoms with Gasteiger partial charge >= 0.3 is 0 Å². The van der Waals surface area contributed by atoms with Crippen molar-refractivity contribution in [3.8, 4) is 0 Å². The number of nitro groups is 1. The highest BCUT2D eigenvalue weighted by molar-refractivity contribution is 5.64. The second-order valence-corrected chi connectivity index (χ2v) is 3.97. The molecule has 1 rings (SSSR count). The lowest BCUT2D eigenvalue weighted by Gasteiger charge is -2.20. The van der Waals surface area contributed by atoms with Gasteiger partial charge in [-0.2, -0.15) is 0 Å². The van der Waals surface area contributed by atoms with E-state index in [4.69, 9.17) is 5.11 Å². The summed E-state index contributed by atoms with van der Waals surface area (Å²) in [7, 11) is 1.67. The maximum Gasteiger partial charge on any atom is 0.292 e. The Morgan fingerprint density at radius 2 is 2.18 bits per heavy atom. The molecule has 0 saturated carbocycles. The molecule has 0 aromatic heterocycles. The lowest BCUT2D eigenvalue weighted by Crippen LogP contribution is -2.27. The predicted molar refractivity (Wildman–Crippen MR) is 64.0 cm³/mol. The number of aliphatic hydroxyl groups is 2. The zero-order valence-electron chi connectivity index (χ0n) is 9.83. The highest BCUT2D eigenvalue weighted by Crippen LogP contribution is 2.28. The molecule has 0 bridgehead atoms. The molecule has 0 aliphatic carbocycles. The molecule has 6 heteroatoms. The van der Waals surface area contributed by atoms with Gasteiger partial charge in [0, 0.05) is 19.7 Å². The number of aliphatic hydroxyl groups excluding tert-OH is 2. The second kappa shape index (κ2) is 5.60. The Morgan fingerprint density at radius 1 is 1.53 bits per heavy atom. The monoisotopic (exact) mass is 240 g/mol. The van der Waals surface area contributed by atoms with Gasteiger partial charge in [0.25, 0.3) is 5.69 Å². The van der Waals surface area contributed by atoms with Crippen LogP contribution in [0.25, 0.3) is 0 Å². The highest BCUT2D eigenvalue weighted by Gasteiger charge is 2.18. The molecule has 1 atom stereocenters. The number of rotatable bonds is 5. The van der Waals surface area contributed by atoms with Crippen molar-refractivity contribution in [1.82, 2.24) is 0 Å². The molecule has 0 aliphatic rings. The van der Waals surface area contributed by atoms with E-state index in [0.717, 1.165) is 0 Å². The lowest BCUT2D eigenvalue weighted by atomic mass is 10.1. The van der Waals surface area contributed by atoms with E-state index in [1.165, 1.54) is 6.07 Å². The summed E-state index contributed by atoms with van der Waals surface area (Å²) in [5, 5.41) is 29.1. The van der Waals surface area contributed by atoms with Crippen molar-refractivity contribution in [2.24, 2.45) is 0 Å². The van der Waals surface area contributed by atoms with Gasteiger partial charge in [0.1, 0.15) is 5.69 Å². The number of likely N-dealkylation sites (N-methyl/N-ethyl adjacent to an activating group) is 1. The van der Waals surface area contributed by atoms with Gasteiger partial charge in [-0.25, -0.2) is 0 Å². The largest absolute Gasteiger partial charge is 0.392 e. The van der Waals surface area contributed by atoms with Crippen LogP contribution in [0, 0.1) is 10.1 Å². The summed E-state index contributed by atoms with van der Waals surface area (Å²) in [6, 6.07) is 4.54. The molecule has 6 nitrogen and oxygen atoms in total. The average molecular weight is 240 g/mol. The minimum Gasteiger partial charge on any atom is -0.392 e. The molecule has 17 heavy (non-hydrogen) atoms. The fraction of sp³-hybridized carbons (Fsp3) is 0.455. The molecule has 94 valence electrons. The molecule has 1 unspecified atom stereocenters. The van der Waals surface area contributed by atoms with Gasteiger partial charge in [0.05, 0.1) is 17.6 Å². The molecule has 0 spiro atoms. The summed E-state index contributed by atoms with van der Waals surface area (Å²) < 4.78 is 0. The highest BCUT2D eigenvalue weighted by atomic mass is 16.6. The molecule has 0 amide bonds. The SMILES string of the molecule is CC(O)CN(C)c1ccc(CO)cc1[N+](=O)[O-]. The maximum absolute atomic E-state index is 10.9. The Kier molecular flexibility index (Phi) is 4.42. The first-order valence-corrected chi connectivity index (χ1v) is 5.23. The molecule has 0 fully saturated rings. The van der Waals surface area contributed by atoms with Crippen LogP contribution >= 0.6 is 0 Å². The fourth-order valence-corrected chi connectivity index (χ4v) is 1.63. The van der Waals surface area contributed by atoms with Crippen LogP contribution in [0.1, 0.15) is 12.5 Å². The predicted octanol–water partition coefficient (Wildman–Crippen LogP) is 0.904. The average Bonchev–Trinajstić information content (AvgIpc) is 2.27. The molecule has 0 heterocycles. The molecule has 2 N–H and O–H groups in total. The Bertz CT molecular complexity index is 406. The number of anilines is 1. The van der Waals surface area contributed by atoms with E-state index in [9.17, 15) is 15.2 Å². The van der Waals surface area contributed by atoms with E-state index in [0.29, 0.717) is 17.8 Å². The summed E-state index contributed by atoms with van der Waals surface area (Å²) in [5.74, 6) is 0. The Balaban J connectivity index is 3.09. The van der Waals surface area contributed by atoms with Crippen LogP contribution in [-0.4, -0.2) is 34.8 Å². The summed E-state index contributed by atoms with van der Waals surface area (Å²) in [4.78, 5) is 12.0. The normalized spacial score (nSPS) is 12.2. The van der Waals surface area contributed by atoms with Crippen LogP contribution in [0.4, 0.5) is 11.4 Å². The van der Waals surface area contributed by atoms with E-state index in [1.54, 1.807) is 31.0 Å². The van der Waals surface area contributed by atoms with Gasteiger partial charge in [-0.15, -0.1) is 0 Å².